The molecular formula is C15H16N2O3S. The van der Waals surface area contributed by atoms with Gasteiger partial charge in [-0.15, -0.1) is 11.3 Å². The summed E-state index contributed by atoms with van der Waals surface area (Å²) in [7, 11) is 0. The number of hydrogen-bond acceptors (Lipinski definition) is 5. The lowest BCUT2D eigenvalue weighted by Gasteiger charge is -2.11. The zero-order valence-electron chi connectivity index (χ0n) is 11.5. The molecule has 0 saturated carbocycles. The number of benzene rings is 1. The van der Waals surface area contributed by atoms with Crippen LogP contribution in [0.2, 0.25) is 0 Å². The second-order valence-corrected chi connectivity index (χ2v) is 5.26. The molecule has 1 amide bonds. The second kappa shape index (κ2) is 7.01. The first-order chi connectivity index (χ1) is 10.1. The van der Waals surface area contributed by atoms with Crippen molar-refractivity contribution in [2.75, 3.05) is 11.9 Å². The molecule has 1 aromatic carbocycles. The first-order valence-corrected chi connectivity index (χ1v) is 7.37. The van der Waals surface area contributed by atoms with Gasteiger partial charge in [0.25, 0.3) is 0 Å². The first kappa shape index (κ1) is 15.2. The van der Waals surface area contributed by atoms with Crippen LogP contribution in [0.3, 0.4) is 0 Å². The van der Waals surface area contributed by atoms with Gasteiger partial charge in [-0.2, -0.15) is 0 Å². The van der Waals surface area contributed by atoms with Crippen LogP contribution in [-0.2, 0) is 9.53 Å². The Balaban J connectivity index is 2.07. The van der Waals surface area contributed by atoms with Gasteiger partial charge in [0.2, 0.25) is 5.91 Å². The Hall–Kier alpha value is -2.18. The molecule has 2 aromatic rings. The van der Waals surface area contributed by atoms with Crippen molar-refractivity contribution in [1.82, 2.24) is 0 Å². The Bertz CT molecular complexity index is 626. The molecule has 0 saturated heterocycles. The molecule has 0 bridgehead atoms. The van der Waals surface area contributed by atoms with E-state index in [1.54, 1.807) is 31.2 Å². The molecule has 0 radical (unpaired) electrons. The highest BCUT2D eigenvalue weighted by molar-refractivity contribution is 7.10. The smallest absolute Gasteiger partial charge is 0.338 e. The van der Waals surface area contributed by atoms with Crippen LogP contribution in [0.5, 0.6) is 0 Å². The third-order valence-corrected chi connectivity index (χ3v) is 3.73. The molecule has 21 heavy (non-hydrogen) atoms. The maximum atomic E-state index is 12.1. The minimum absolute atomic E-state index is 0.304. The lowest BCUT2D eigenvalue weighted by molar-refractivity contribution is -0.117. The van der Waals surface area contributed by atoms with Gasteiger partial charge in [-0.05, 0) is 36.6 Å². The second-order valence-electron chi connectivity index (χ2n) is 4.28. The Labute approximate surface area is 126 Å². The number of carbonyl (C=O) groups excluding carboxylic acids is 2. The largest absolute Gasteiger partial charge is 0.462 e. The van der Waals surface area contributed by atoms with Crippen molar-refractivity contribution in [1.29, 1.82) is 0 Å². The van der Waals surface area contributed by atoms with Crippen molar-refractivity contribution in [3.05, 3.63) is 52.2 Å². The number of nitrogens with two attached hydrogens (primary N) is 1. The van der Waals surface area contributed by atoms with Gasteiger partial charge >= 0.3 is 5.97 Å². The van der Waals surface area contributed by atoms with E-state index in [4.69, 9.17) is 10.5 Å². The van der Waals surface area contributed by atoms with Crippen molar-refractivity contribution >= 4 is 28.9 Å². The summed E-state index contributed by atoms with van der Waals surface area (Å²) in [5.41, 5.74) is 6.78. The SMILES string of the molecule is CCOC(=O)c1cccc(NC(=O)C(N)c2cccs2)c1. The topological polar surface area (TPSA) is 81.4 Å². The van der Waals surface area contributed by atoms with E-state index in [9.17, 15) is 9.59 Å². The number of rotatable bonds is 5. The van der Waals surface area contributed by atoms with E-state index >= 15 is 0 Å². The molecule has 0 aliphatic heterocycles. The van der Waals surface area contributed by atoms with Gasteiger partial charge in [-0.1, -0.05) is 12.1 Å². The highest BCUT2D eigenvalue weighted by Gasteiger charge is 2.17. The number of esters is 1. The number of nitrogens with one attached hydrogen (secondary N) is 1. The summed E-state index contributed by atoms with van der Waals surface area (Å²) in [4.78, 5) is 24.5. The zero-order valence-corrected chi connectivity index (χ0v) is 12.4. The van der Waals surface area contributed by atoms with Crippen molar-refractivity contribution in [2.24, 2.45) is 5.73 Å². The van der Waals surface area contributed by atoms with Gasteiger partial charge in [-0.3, -0.25) is 4.79 Å². The average Bonchev–Trinajstić information content (AvgIpc) is 3.01. The predicted molar refractivity (Wildman–Crippen MR) is 82.3 cm³/mol. The van der Waals surface area contributed by atoms with Gasteiger partial charge in [0, 0.05) is 10.6 Å². The molecule has 1 heterocycles. The quantitative estimate of drug-likeness (QED) is 0.832. The minimum Gasteiger partial charge on any atom is -0.462 e. The Morgan fingerprint density at radius 1 is 1.33 bits per heavy atom. The summed E-state index contributed by atoms with van der Waals surface area (Å²) in [6.07, 6.45) is 0. The Morgan fingerprint density at radius 3 is 2.81 bits per heavy atom. The summed E-state index contributed by atoms with van der Waals surface area (Å²) in [6.45, 7) is 2.04. The van der Waals surface area contributed by atoms with Crippen LogP contribution in [0.4, 0.5) is 5.69 Å². The van der Waals surface area contributed by atoms with Crippen molar-refractivity contribution in [2.45, 2.75) is 13.0 Å². The molecule has 2 rings (SSSR count). The fourth-order valence-corrected chi connectivity index (χ4v) is 2.48. The van der Waals surface area contributed by atoms with Crippen molar-refractivity contribution in [3.63, 3.8) is 0 Å². The Kier molecular flexibility index (Phi) is 5.08. The molecule has 0 aliphatic rings. The maximum Gasteiger partial charge on any atom is 0.338 e. The fraction of sp³-hybridized carbons (Fsp3) is 0.200. The molecule has 0 fully saturated rings. The van der Waals surface area contributed by atoms with Crippen LogP contribution >= 0.6 is 11.3 Å². The molecule has 0 spiro atoms. The molecule has 1 atom stereocenters. The summed E-state index contributed by atoms with van der Waals surface area (Å²) < 4.78 is 4.92. The van der Waals surface area contributed by atoms with E-state index in [2.05, 4.69) is 5.32 Å². The molecule has 6 heteroatoms. The van der Waals surface area contributed by atoms with E-state index < -0.39 is 12.0 Å². The fourth-order valence-electron chi connectivity index (χ4n) is 1.76. The van der Waals surface area contributed by atoms with Gasteiger partial charge in [-0.25, -0.2) is 4.79 Å². The van der Waals surface area contributed by atoms with E-state index in [0.717, 1.165) is 4.88 Å². The normalized spacial score (nSPS) is 11.7. The first-order valence-electron chi connectivity index (χ1n) is 6.49. The van der Waals surface area contributed by atoms with Gasteiger partial charge in [0.05, 0.1) is 12.2 Å². The molecule has 1 aromatic heterocycles. The van der Waals surface area contributed by atoms with Crippen molar-refractivity contribution in [3.8, 4) is 0 Å². The average molecular weight is 304 g/mol. The summed E-state index contributed by atoms with van der Waals surface area (Å²) >= 11 is 1.42. The number of ether oxygens (including phenoxy) is 1. The number of anilines is 1. The molecule has 1 unspecified atom stereocenters. The number of thiophene rings is 1. The molecular weight excluding hydrogens is 288 g/mol. The monoisotopic (exact) mass is 304 g/mol. The van der Waals surface area contributed by atoms with E-state index in [-0.39, 0.29) is 5.91 Å². The van der Waals surface area contributed by atoms with Crippen LogP contribution in [-0.4, -0.2) is 18.5 Å². The van der Waals surface area contributed by atoms with Gasteiger partial charge in [0.15, 0.2) is 0 Å². The van der Waals surface area contributed by atoms with Crippen molar-refractivity contribution < 1.29 is 14.3 Å². The van der Waals surface area contributed by atoms with Gasteiger partial charge < -0.3 is 15.8 Å². The summed E-state index contributed by atoms with van der Waals surface area (Å²) in [5, 5.41) is 4.57. The van der Waals surface area contributed by atoms with Crippen LogP contribution < -0.4 is 11.1 Å². The van der Waals surface area contributed by atoms with Crippen LogP contribution in [0, 0.1) is 0 Å². The standard InChI is InChI=1S/C15H16N2O3S/c1-2-20-15(19)10-5-3-6-11(9-10)17-14(18)13(16)12-7-4-8-21-12/h3-9,13H,2,16H2,1H3,(H,17,18). The third kappa shape index (κ3) is 3.90. The maximum absolute atomic E-state index is 12.1. The van der Waals surface area contributed by atoms with E-state index in [1.807, 2.05) is 17.5 Å². The zero-order chi connectivity index (χ0) is 15.2. The Morgan fingerprint density at radius 2 is 2.14 bits per heavy atom. The minimum atomic E-state index is -0.726. The lowest BCUT2D eigenvalue weighted by atomic mass is 10.2. The number of amides is 1. The number of hydrogen-bond donors (Lipinski definition) is 2. The van der Waals surface area contributed by atoms with Crippen LogP contribution in [0.1, 0.15) is 28.2 Å². The predicted octanol–water partition coefficient (Wildman–Crippen LogP) is 2.56. The highest BCUT2D eigenvalue weighted by atomic mass is 32.1. The summed E-state index contributed by atoms with van der Waals surface area (Å²) in [5.74, 6) is -0.741. The van der Waals surface area contributed by atoms with Crippen LogP contribution in [0.15, 0.2) is 41.8 Å². The number of carbonyl (C=O) groups is 2. The molecule has 0 aliphatic carbocycles. The van der Waals surface area contributed by atoms with Crippen LogP contribution in [0.25, 0.3) is 0 Å². The van der Waals surface area contributed by atoms with Gasteiger partial charge in [0.1, 0.15) is 6.04 Å². The van der Waals surface area contributed by atoms with E-state index in [0.29, 0.717) is 17.9 Å². The van der Waals surface area contributed by atoms with E-state index in [1.165, 1.54) is 11.3 Å². The molecule has 110 valence electrons. The summed E-state index contributed by atoms with van der Waals surface area (Å²) in [6, 6.07) is 9.50. The molecule has 5 nitrogen and oxygen atoms in total. The lowest BCUT2D eigenvalue weighted by Crippen LogP contribution is -2.27. The molecule has 3 N–H and O–H groups in total. The highest BCUT2D eigenvalue weighted by Crippen LogP contribution is 2.19. The third-order valence-electron chi connectivity index (χ3n) is 2.77.